The number of nitrogens with zero attached hydrogens (tertiary/aromatic N) is 4. The Morgan fingerprint density at radius 2 is 0.917 bits per heavy atom. The van der Waals surface area contributed by atoms with E-state index in [-0.39, 0.29) is 23.4 Å². The number of hydrogen-bond acceptors (Lipinski definition) is 8. The minimum Gasteiger partial charge on any atom is -0.387 e. The number of aliphatic hydroxyl groups is 2. The van der Waals surface area contributed by atoms with Gasteiger partial charge in [0, 0.05) is 18.5 Å². The smallest absolute Gasteiger partial charge is 0.191 e. The fraction of sp³-hybridized carbons (Fsp3) is 0.850. The summed E-state index contributed by atoms with van der Waals surface area (Å²) in [5, 5.41) is 36.5. The predicted octanol–water partition coefficient (Wildman–Crippen LogP) is 10.2. The molecule has 2 aliphatic heterocycles. The topological polar surface area (TPSA) is 142 Å². The molecule has 0 bridgehead atoms. The van der Waals surface area contributed by atoms with Crippen LogP contribution >= 0.6 is 0 Å². The van der Waals surface area contributed by atoms with Gasteiger partial charge < -0.3 is 21.7 Å². The van der Waals surface area contributed by atoms with Crippen molar-refractivity contribution in [1.29, 1.82) is 0 Å². The molecule has 48 heavy (non-hydrogen) atoms. The Bertz CT molecular complexity index is 931. The summed E-state index contributed by atoms with van der Waals surface area (Å²) in [5.74, 6) is 2.68. The molecule has 0 aromatic heterocycles. The minimum atomic E-state index is -0.499. The van der Waals surface area contributed by atoms with Crippen LogP contribution in [0.3, 0.4) is 0 Å². The summed E-state index contributed by atoms with van der Waals surface area (Å²) >= 11 is 0. The molecule has 0 aliphatic carbocycles. The molecule has 0 fully saturated rings. The van der Waals surface area contributed by atoms with E-state index in [2.05, 4.69) is 45.5 Å². The molecule has 8 heteroatoms. The second kappa shape index (κ2) is 27.9. The van der Waals surface area contributed by atoms with E-state index in [1.165, 1.54) is 103 Å². The van der Waals surface area contributed by atoms with Crippen LogP contribution in [-0.4, -0.2) is 45.8 Å². The second-order valence-corrected chi connectivity index (χ2v) is 14.2. The van der Waals surface area contributed by atoms with Crippen molar-refractivity contribution in [3.63, 3.8) is 0 Å². The molecule has 2 unspecified atom stereocenters. The Balaban J connectivity index is 0.000000480. The number of hydrogen-bond donors (Lipinski definition) is 4. The molecule has 6 N–H and O–H groups in total. The highest BCUT2D eigenvalue weighted by molar-refractivity contribution is 4.96. The molecule has 0 radical (unpaired) electrons. The van der Waals surface area contributed by atoms with Gasteiger partial charge in [-0.2, -0.15) is 20.5 Å². The van der Waals surface area contributed by atoms with Gasteiger partial charge in [-0.15, -0.1) is 12.3 Å². The molecule has 0 saturated heterocycles. The lowest BCUT2D eigenvalue weighted by molar-refractivity contribution is 0.188. The van der Waals surface area contributed by atoms with Crippen molar-refractivity contribution in [2.24, 2.45) is 31.9 Å². The van der Waals surface area contributed by atoms with E-state index in [1.807, 2.05) is 26.0 Å². The average Bonchev–Trinajstić information content (AvgIpc) is 4.04. The summed E-state index contributed by atoms with van der Waals surface area (Å²) in [5.41, 5.74) is 11.5. The lowest BCUT2D eigenvalue weighted by Gasteiger charge is -2.12. The fourth-order valence-corrected chi connectivity index (χ4v) is 5.92. The van der Waals surface area contributed by atoms with Gasteiger partial charge in [0.05, 0.1) is 12.2 Å². The fourth-order valence-electron chi connectivity index (χ4n) is 5.92. The SMILES string of the molecule is C#CCCCC1(CCCCCCCC/C=C/[C@@H](O)[C@@H](N)CC)N=N1.CCCCCC1(CCCCCCCC/C=C/C(O)C(N)CC)N=N1. The van der Waals surface area contributed by atoms with Crippen LogP contribution in [0.2, 0.25) is 0 Å². The van der Waals surface area contributed by atoms with Gasteiger partial charge in [-0.25, -0.2) is 0 Å². The first-order valence-electron chi connectivity index (χ1n) is 19.8. The summed E-state index contributed by atoms with van der Waals surface area (Å²) < 4.78 is 0. The minimum absolute atomic E-state index is 0.0418. The van der Waals surface area contributed by atoms with Crippen LogP contribution in [0, 0.1) is 12.3 Å². The van der Waals surface area contributed by atoms with Crippen molar-refractivity contribution in [3.05, 3.63) is 24.3 Å². The largest absolute Gasteiger partial charge is 0.387 e. The molecule has 8 nitrogen and oxygen atoms in total. The lowest BCUT2D eigenvalue weighted by Crippen LogP contribution is -2.32. The second-order valence-electron chi connectivity index (χ2n) is 14.2. The van der Waals surface area contributed by atoms with Gasteiger partial charge in [0.2, 0.25) is 0 Å². The van der Waals surface area contributed by atoms with Gasteiger partial charge in [-0.05, 0) is 89.9 Å². The average molecular weight is 671 g/mol. The van der Waals surface area contributed by atoms with E-state index < -0.39 is 12.2 Å². The van der Waals surface area contributed by atoms with Gasteiger partial charge in [-0.3, -0.25) is 0 Å². The maximum atomic E-state index is 9.73. The van der Waals surface area contributed by atoms with E-state index in [1.54, 1.807) is 0 Å². The van der Waals surface area contributed by atoms with Crippen LogP contribution < -0.4 is 11.5 Å². The molecule has 4 atom stereocenters. The highest BCUT2D eigenvalue weighted by Gasteiger charge is 2.38. The molecule has 0 aromatic carbocycles. The Labute approximate surface area is 295 Å². The Hall–Kier alpha value is -1.92. The van der Waals surface area contributed by atoms with Crippen molar-refractivity contribution in [3.8, 4) is 12.3 Å². The molecule has 276 valence electrons. The third-order valence-corrected chi connectivity index (χ3v) is 9.73. The van der Waals surface area contributed by atoms with Crippen LogP contribution in [0.5, 0.6) is 0 Å². The first-order chi connectivity index (χ1) is 23.3. The summed E-state index contributed by atoms with van der Waals surface area (Å²) in [6.45, 7) is 6.23. The molecular weight excluding hydrogens is 596 g/mol. The third-order valence-electron chi connectivity index (χ3n) is 9.73. The van der Waals surface area contributed by atoms with Gasteiger partial charge >= 0.3 is 0 Å². The number of terminal acetylenes is 1. The first-order valence-corrected chi connectivity index (χ1v) is 19.8. The van der Waals surface area contributed by atoms with E-state index in [0.29, 0.717) is 0 Å². The zero-order chi connectivity index (χ0) is 35.4. The van der Waals surface area contributed by atoms with Gasteiger partial charge in [0.25, 0.3) is 0 Å². The van der Waals surface area contributed by atoms with Crippen LogP contribution in [0.4, 0.5) is 0 Å². The molecule has 0 spiro atoms. The van der Waals surface area contributed by atoms with E-state index in [4.69, 9.17) is 17.9 Å². The van der Waals surface area contributed by atoms with Gasteiger partial charge in [-0.1, -0.05) is 109 Å². The molecule has 2 rings (SSSR count). The van der Waals surface area contributed by atoms with Gasteiger partial charge in [0.15, 0.2) is 11.3 Å². The standard InChI is InChI=1S/C20H39N3O.C20H35N3O/c2*1-3-5-13-16-20(22-23-20)17-14-11-9-7-6-8-10-12-15-19(24)18(21)4-2/h12,15,18-19,24H,3-11,13-14,16-17,21H2,1-2H3;1,12,15,18-19,24H,4-11,13-14,16-17,21H2,2H3/b2*15-12+/t;18-,19+/m.0/s1. The number of aliphatic hydroxyl groups excluding tert-OH is 2. The number of allylic oxidation sites excluding steroid dienone is 2. The van der Waals surface area contributed by atoms with Crippen molar-refractivity contribution < 1.29 is 10.2 Å². The molecule has 2 aliphatic rings. The number of nitrogens with two attached hydrogens (primary N) is 2. The number of rotatable bonds is 31. The lowest BCUT2D eigenvalue weighted by atomic mass is 9.98. The predicted molar refractivity (Wildman–Crippen MR) is 203 cm³/mol. The van der Waals surface area contributed by atoms with Crippen molar-refractivity contribution >= 4 is 0 Å². The van der Waals surface area contributed by atoms with Crippen molar-refractivity contribution in [2.75, 3.05) is 0 Å². The maximum Gasteiger partial charge on any atom is 0.191 e. The Morgan fingerprint density at radius 1 is 0.562 bits per heavy atom. The van der Waals surface area contributed by atoms with Crippen molar-refractivity contribution in [2.45, 2.75) is 217 Å². The molecule has 0 amide bonds. The summed E-state index contributed by atoms with van der Waals surface area (Å²) in [6, 6.07) is -0.266. The molecule has 0 saturated carbocycles. The Kier molecular flexibility index (Phi) is 25.6. The highest BCUT2D eigenvalue weighted by Crippen LogP contribution is 2.39. The Morgan fingerprint density at radius 3 is 1.27 bits per heavy atom. The summed E-state index contributed by atoms with van der Waals surface area (Å²) in [7, 11) is 0. The molecular formula is C40H74N6O2. The van der Waals surface area contributed by atoms with Crippen LogP contribution in [0.1, 0.15) is 181 Å². The van der Waals surface area contributed by atoms with Crippen LogP contribution in [0.15, 0.2) is 44.8 Å². The molecule has 2 heterocycles. The van der Waals surface area contributed by atoms with Crippen molar-refractivity contribution in [1.82, 2.24) is 0 Å². The maximum absolute atomic E-state index is 9.73. The normalized spacial score (nSPS) is 18.0. The van der Waals surface area contributed by atoms with Gasteiger partial charge in [0.1, 0.15) is 0 Å². The molecule has 0 aromatic rings. The first kappa shape index (κ1) is 44.1. The number of unbranched alkanes of at least 4 members (excludes halogenated alkanes) is 15. The van der Waals surface area contributed by atoms with Crippen LogP contribution in [0.25, 0.3) is 0 Å². The highest BCUT2D eigenvalue weighted by atomic mass is 16.3. The van der Waals surface area contributed by atoms with E-state index in [9.17, 15) is 10.2 Å². The summed E-state index contributed by atoms with van der Waals surface area (Å²) in [4.78, 5) is 0. The zero-order valence-electron chi connectivity index (χ0n) is 31.2. The van der Waals surface area contributed by atoms with Crippen LogP contribution in [-0.2, 0) is 0 Å². The summed E-state index contributed by atoms with van der Waals surface area (Å²) in [6.07, 6.45) is 41.2. The van der Waals surface area contributed by atoms with E-state index >= 15 is 0 Å². The van der Waals surface area contributed by atoms with E-state index in [0.717, 1.165) is 57.8 Å². The quantitative estimate of drug-likeness (QED) is 0.0331. The monoisotopic (exact) mass is 671 g/mol. The zero-order valence-corrected chi connectivity index (χ0v) is 31.2. The third kappa shape index (κ3) is 22.7.